The maximum Gasteiger partial charge on any atom is 0.396 e. The Balaban J connectivity index is 2.37. The minimum Gasteiger partial charge on any atom is -0.465 e. The van der Waals surface area contributed by atoms with Gasteiger partial charge in [-0.3, -0.25) is 4.79 Å². The van der Waals surface area contributed by atoms with Crippen LogP contribution in [-0.4, -0.2) is 18.5 Å². The molecule has 0 aliphatic heterocycles. The molecule has 1 N–H and O–H groups in total. The van der Waals surface area contributed by atoms with Crippen molar-refractivity contribution in [1.82, 2.24) is 5.32 Å². The molecule has 0 unspecified atom stereocenters. The third-order valence-electron chi connectivity index (χ3n) is 1.68. The normalized spacial score (nSPS) is 9.73. The molecule has 15 heavy (non-hydrogen) atoms. The van der Waals surface area contributed by atoms with E-state index >= 15 is 0 Å². The van der Waals surface area contributed by atoms with Crippen LogP contribution in [0.3, 0.4) is 0 Å². The summed E-state index contributed by atoms with van der Waals surface area (Å²) in [7, 11) is 0. The van der Waals surface area contributed by atoms with Gasteiger partial charge in [-0.05, 0) is 26.0 Å². The summed E-state index contributed by atoms with van der Waals surface area (Å²) < 4.78 is 9.72. The monoisotopic (exact) mass is 211 g/mol. The molecule has 1 amide bonds. The zero-order valence-electron chi connectivity index (χ0n) is 8.70. The Bertz CT molecular complexity index is 356. The van der Waals surface area contributed by atoms with Crippen molar-refractivity contribution in [1.29, 1.82) is 0 Å². The number of carbonyl (C=O) groups excluding carboxylic acids is 2. The molecule has 0 fully saturated rings. The summed E-state index contributed by atoms with van der Waals surface area (Å²) in [5.41, 5.74) is 0. The van der Waals surface area contributed by atoms with Crippen molar-refractivity contribution in [3.63, 3.8) is 0 Å². The lowest BCUT2D eigenvalue weighted by Crippen LogP contribution is -2.31. The summed E-state index contributed by atoms with van der Waals surface area (Å²) in [4.78, 5) is 22.0. The number of ether oxygens (including phenoxy) is 1. The van der Waals surface area contributed by atoms with Crippen LogP contribution in [0.2, 0.25) is 0 Å². The standard InChI is InChI=1S/C10H13NO4/c1-3-14-10(13)9(12)11-6-8-5-4-7(2)15-8/h4-5H,3,6H2,1-2H3,(H,11,12). The summed E-state index contributed by atoms with van der Waals surface area (Å²) in [6, 6.07) is 3.52. The first-order valence-corrected chi connectivity index (χ1v) is 4.63. The summed E-state index contributed by atoms with van der Waals surface area (Å²) in [6.45, 7) is 3.81. The second-order valence-electron chi connectivity index (χ2n) is 2.92. The lowest BCUT2D eigenvalue weighted by atomic mass is 10.4. The zero-order chi connectivity index (χ0) is 11.3. The quantitative estimate of drug-likeness (QED) is 0.592. The predicted molar refractivity (Wildman–Crippen MR) is 51.9 cm³/mol. The van der Waals surface area contributed by atoms with Crippen LogP contribution in [0.15, 0.2) is 16.5 Å². The highest BCUT2D eigenvalue weighted by atomic mass is 16.5. The van der Waals surface area contributed by atoms with Crippen LogP contribution in [0.1, 0.15) is 18.4 Å². The number of carbonyl (C=O) groups is 2. The topological polar surface area (TPSA) is 68.5 Å². The van der Waals surface area contributed by atoms with Gasteiger partial charge in [0.15, 0.2) is 0 Å². The molecule has 5 nitrogen and oxygen atoms in total. The summed E-state index contributed by atoms with van der Waals surface area (Å²) in [5.74, 6) is -0.271. The molecular formula is C10H13NO4. The second kappa shape index (κ2) is 5.19. The Morgan fingerprint density at radius 2 is 2.20 bits per heavy atom. The van der Waals surface area contributed by atoms with Gasteiger partial charge in [-0.1, -0.05) is 0 Å². The fraction of sp³-hybridized carbons (Fsp3) is 0.400. The van der Waals surface area contributed by atoms with Crippen molar-refractivity contribution in [3.8, 4) is 0 Å². The molecule has 0 bridgehead atoms. The van der Waals surface area contributed by atoms with E-state index in [-0.39, 0.29) is 13.2 Å². The van der Waals surface area contributed by atoms with Gasteiger partial charge in [0, 0.05) is 0 Å². The Kier molecular flexibility index (Phi) is 3.91. The zero-order valence-corrected chi connectivity index (χ0v) is 8.70. The van der Waals surface area contributed by atoms with Gasteiger partial charge in [-0.2, -0.15) is 0 Å². The van der Waals surface area contributed by atoms with Crippen molar-refractivity contribution in [2.75, 3.05) is 6.61 Å². The number of aryl methyl sites for hydroxylation is 1. The molecule has 1 aromatic heterocycles. The Morgan fingerprint density at radius 3 is 2.73 bits per heavy atom. The largest absolute Gasteiger partial charge is 0.465 e. The molecule has 5 heteroatoms. The van der Waals surface area contributed by atoms with Gasteiger partial charge in [0.05, 0.1) is 13.2 Å². The lowest BCUT2D eigenvalue weighted by molar-refractivity contribution is -0.154. The molecular weight excluding hydrogens is 198 g/mol. The number of hydrogen-bond donors (Lipinski definition) is 1. The maximum absolute atomic E-state index is 11.1. The first kappa shape index (κ1) is 11.3. The maximum atomic E-state index is 11.1. The molecule has 1 rings (SSSR count). The van der Waals surface area contributed by atoms with Gasteiger partial charge in [-0.25, -0.2) is 4.79 Å². The fourth-order valence-corrected chi connectivity index (χ4v) is 1.02. The van der Waals surface area contributed by atoms with E-state index in [9.17, 15) is 9.59 Å². The van der Waals surface area contributed by atoms with E-state index in [1.54, 1.807) is 26.0 Å². The minimum atomic E-state index is -0.874. The number of amides is 1. The molecule has 0 atom stereocenters. The van der Waals surface area contributed by atoms with E-state index in [1.807, 2.05) is 0 Å². The molecule has 0 aromatic carbocycles. The first-order chi connectivity index (χ1) is 7.13. The third kappa shape index (κ3) is 3.46. The molecule has 0 radical (unpaired) electrons. The first-order valence-electron chi connectivity index (χ1n) is 4.63. The van der Waals surface area contributed by atoms with Crippen molar-refractivity contribution >= 4 is 11.9 Å². The average molecular weight is 211 g/mol. The number of nitrogens with one attached hydrogen (secondary N) is 1. The van der Waals surface area contributed by atoms with Crippen LogP contribution in [0, 0.1) is 6.92 Å². The average Bonchev–Trinajstić information content (AvgIpc) is 2.61. The Hall–Kier alpha value is -1.78. The van der Waals surface area contributed by atoms with Crippen LogP contribution >= 0.6 is 0 Å². The van der Waals surface area contributed by atoms with Gasteiger partial charge >= 0.3 is 11.9 Å². The van der Waals surface area contributed by atoms with Crippen LogP contribution < -0.4 is 5.32 Å². The van der Waals surface area contributed by atoms with E-state index in [2.05, 4.69) is 10.1 Å². The van der Waals surface area contributed by atoms with Gasteiger partial charge in [-0.15, -0.1) is 0 Å². The van der Waals surface area contributed by atoms with Crippen molar-refractivity contribution in [2.45, 2.75) is 20.4 Å². The number of furan rings is 1. The van der Waals surface area contributed by atoms with Crippen molar-refractivity contribution < 1.29 is 18.7 Å². The summed E-state index contributed by atoms with van der Waals surface area (Å²) >= 11 is 0. The van der Waals surface area contributed by atoms with Crippen LogP contribution in [0.25, 0.3) is 0 Å². The molecule has 1 aromatic rings. The molecule has 0 saturated carbocycles. The SMILES string of the molecule is CCOC(=O)C(=O)NCc1ccc(C)o1. The molecule has 1 heterocycles. The summed E-state index contributed by atoms with van der Waals surface area (Å²) in [5, 5.41) is 2.39. The number of rotatable bonds is 3. The molecule has 82 valence electrons. The van der Waals surface area contributed by atoms with E-state index in [0.717, 1.165) is 5.76 Å². The van der Waals surface area contributed by atoms with Crippen LogP contribution in [-0.2, 0) is 20.9 Å². The molecule has 0 spiro atoms. The second-order valence-corrected chi connectivity index (χ2v) is 2.92. The van der Waals surface area contributed by atoms with E-state index in [4.69, 9.17) is 4.42 Å². The fourth-order valence-electron chi connectivity index (χ4n) is 1.02. The van der Waals surface area contributed by atoms with Gasteiger partial charge in [0.1, 0.15) is 11.5 Å². The molecule has 0 aliphatic rings. The van der Waals surface area contributed by atoms with Gasteiger partial charge < -0.3 is 14.5 Å². The van der Waals surface area contributed by atoms with Crippen molar-refractivity contribution in [3.05, 3.63) is 23.7 Å². The van der Waals surface area contributed by atoms with E-state index in [0.29, 0.717) is 5.76 Å². The van der Waals surface area contributed by atoms with Crippen molar-refractivity contribution in [2.24, 2.45) is 0 Å². The molecule has 0 aliphatic carbocycles. The van der Waals surface area contributed by atoms with Crippen LogP contribution in [0.5, 0.6) is 0 Å². The van der Waals surface area contributed by atoms with Gasteiger partial charge in [0.2, 0.25) is 0 Å². The smallest absolute Gasteiger partial charge is 0.396 e. The highest BCUT2D eigenvalue weighted by Gasteiger charge is 2.14. The van der Waals surface area contributed by atoms with E-state index < -0.39 is 11.9 Å². The Morgan fingerprint density at radius 1 is 1.47 bits per heavy atom. The van der Waals surface area contributed by atoms with E-state index in [1.165, 1.54) is 0 Å². The minimum absolute atomic E-state index is 0.186. The van der Waals surface area contributed by atoms with Crippen LogP contribution in [0.4, 0.5) is 0 Å². The highest BCUT2D eigenvalue weighted by molar-refractivity contribution is 6.32. The van der Waals surface area contributed by atoms with Gasteiger partial charge in [0.25, 0.3) is 0 Å². The molecule has 0 saturated heterocycles. The number of hydrogen-bond acceptors (Lipinski definition) is 4. The lowest BCUT2D eigenvalue weighted by Gasteiger charge is -2.02. The number of esters is 1. The summed E-state index contributed by atoms with van der Waals surface area (Å²) in [6.07, 6.45) is 0. The highest BCUT2D eigenvalue weighted by Crippen LogP contribution is 2.05. The third-order valence-corrected chi connectivity index (χ3v) is 1.68. The Labute approximate surface area is 87.4 Å². The predicted octanol–water partition coefficient (Wildman–Crippen LogP) is 0.767.